The van der Waals surface area contributed by atoms with Gasteiger partial charge in [0, 0.05) is 22.4 Å². The summed E-state index contributed by atoms with van der Waals surface area (Å²) in [5.41, 5.74) is 7.22. The highest BCUT2D eigenvalue weighted by Gasteiger charge is 2.35. The van der Waals surface area contributed by atoms with Gasteiger partial charge in [0.05, 0.1) is 16.4 Å². The molecule has 0 saturated heterocycles. The molecule has 11 heteroatoms. The van der Waals surface area contributed by atoms with E-state index in [1.54, 1.807) is 23.6 Å². The minimum Gasteiger partial charge on any atom is -0.368 e. The molecule has 2 aromatic carbocycles. The van der Waals surface area contributed by atoms with Crippen LogP contribution in [0.4, 0.5) is 15.2 Å². The van der Waals surface area contributed by atoms with E-state index in [4.69, 9.17) is 28.9 Å². The minimum atomic E-state index is -0.858. The van der Waals surface area contributed by atoms with Crippen LogP contribution in [0.3, 0.4) is 0 Å². The van der Waals surface area contributed by atoms with Crippen LogP contribution in [0.1, 0.15) is 6.42 Å². The van der Waals surface area contributed by atoms with Crippen molar-refractivity contribution >= 4 is 62.9 Å². The number of rotatable bonds is 5. The molecule has 3 aromatic rings. The topological polar surface area (TPSA) is 101 Å². The third-order valence-electron chi connectivity index (χ3n) is 4.52. The van der Waals surface area contributed by atoms with Gasteiger partial charge in [0.2, 0.25) is 5.91 Å². The first-order valence-electron chi connectivity index (χ1n) is 8.95. The maximum absolute atomic E-state index is 13.2. The Morgan fingerprint density at radius 1 is 1.19 bits per heavy atom. The molecule has 3 N–H and O–H groups in total. The average Bonchev–Trinajstić information content (AvgIpc) is 3.38. The van der Waals surface area contributed by atoms with E-state index in [0.717, 1.165) is 0 Å². The van der Waals surface area contributed by atoms with Gasteiger partial charge in [-0.2, -0.15) is 5.10 Å². The summed E-state index contributed by atoms with van der Waals surface area (Å²) in [6, 6.07) is 9.54. The molecule has 2 amide bonds. The lowest BCUT2D eigenvalue weighted by molar-refractivity contribution is -0.119. The van der Waals surface area contributed by atoms with Gasteiger partial charge in [-0.05, 0) is 42.5 Å². The van der Waals surface area contributed by atoms with Gasteiger partial charge in [0.1, 0.15) is 17.6 Å². The molecule has 1 atom stereocenters. The highest BCUT2D eigenvalue weighted by atomic mass is 35.5. The van der Waals surface area contributed by atoms with Crippen molar-refractivity contribution in [2.24, 2.45) is 10.8 Å². The normalized spacial score (nSPS) is 15.6. The van der Waals surface area contributed by atoms with E-state index in [1.165, 1.54) is 40.6 Å². The van der Waals surface area contributed by atoms with Crippen LogP contribution >= 0.6 is 34.5 Å². The molecular weight excluding hydrogens is 464 g/mol. The standard InChI is InChI=1S/C20H14Cl2FN5O2S/c21-10-1-6-14(22)13(7-10)16-9-31-20(25-16)26-19(30)15-8-17(18(24)29)28(27-15)12-4-2-11(23)3-5-12/h1-7,9,17H,8H2,(H2,24,29)(H,25,26,30). The van der Waals surface area contributed by atoms with E-state index < -0.39 is 23.7 Å². The number of carbonyl (C=O) groups is 2. The van der Waals surface area contributed by atoms with Crippen LogP contribution in [0.5, 0.6) is 0 Å². The molecule has 4 rings (SSSR count). The Labute approximate surface area is 190 Å². The van der Waals surface area contributed by atoms with Gasteiger partial charge in [-0.1, -0.05) is 23.2 Å². The fourth-order valence-electron chi connectivity index (χ4n) is 3.02. The smallest absolute Gasteiger partial charge is 0.273 e. The second-order valence-corrected chi connectivity index (χ2v) is 8.31. The lowest BCUT2D eigenvalue weighted by Crippen LogP contribution is -2.39. The van der Waals surface area contributed by atoms with Gasteiger partial charge in [0.25, 0.3) is 5.91 Å². The summed E-state index contributed by atoms with van der Waals surface area (Å²) in [6.07, 6.45) is 0.0108. The van der Waals surface area contributed by atoms with Crippen molar-refractivity contribution in [2.75, 3.05) is 10.3 Å². The zero-order chi connectivity index (χ0) is 22.1. The summed E-state index contributed by atoms with van der Waals surface area (Å²) >= 11 is 13.4. The Bertz CT molecular complexity index is 1200. The first-order valence-corrected chi connectivity index (χ1v) is 10.6. The van der Waals surface area contributed by atoms with Crippen LogP contribution < -0.4 is 16.1 Å². The molecule has 31 heavy (non-hydrogen) atoms. The van der Waals surface area contributed by atoms with Crippen molar-refractivity contribution < 1.29 is 14.0 Å². The quantitative estimate of drug-likeness (QED) is 0.571. The molecule has 0 aliphatic carbocycles. The lowest BCUT2D eigenvalue weighted by Gasteiger charge is -2.20. The van der Waals surface area contributed by atoms with Gasteiger partial charge in [-0.3, -0.25) is 19.9 Å². The number of primary amides is 1. The van der Waals surface area contributed by atoms with Gasteiger partial charge in [0.15, 0.2) is 5.13 Å². The SMILES string of the molecule is NC(=O)C1CC(C(=O)Nc2nc(-c3cc(Cl)ccc3Cl)cs2)=NN1c1ccc(F)cc1. The number of nitrogens with two attached hydrogens (primary N) is 1. The molecular formula is C20H14Cl2FN5O2S. The van der Waals surface area contributed by atoms with Gasteiger partial charge >= 0.3 is 0 Å². The number of anilines is 2. The number of amides is 2. The molecule has 2 heterocycles. The Balaban J connectivity index is 1.54. The molecule has 1 unspecified atom stereocenters. The summed E-state index contributed by atoms with van der Waals surface area (Å²) in [5.74, 6) is -1.60. The molecule has 0 bridgehead atoms. The van der Waals surface area contributed by atoms with Crippen molar-refractivity contribution in [1.82, 2.24) is 4.98 Å². The first-order chi connectivity index (χ1) is 14.8. The van der Waals surface area contributed by atoms with Crippen LogP contribution in [0.2, 0.25) is 10.0 Å². The Morgan fingerprint density at radius 3 is 2.65 bits per heavy atom. The number of halogens is 3. The number of benzene rings is 2. The minimum absolute atomic E-state index is 0.0108. The van der Waals surface area contributed by atoms with Crippen molar-refractivity contribution in [3.05, 3.63) is 63.7 Å². The van der Waals surface area contributed by atoms with E-state index in [9.17, 15) is 14.0 Å². The second-order valence-electron chi connectivity index (χ2n) is 6.61. The summed E-state index contributed by atoms with van der Waals surface area (Å²) < 4.78 is 13.2. The van der Waals surface area contributed by atoms with Gasteiger partial charge < -0.3 is 5.73 Å². The highest BCUT2D eigenvalue weighted by molar-refractivity contribution is 7.14. The number of hydrazone groups is 1. The van der Waals surface area contributed by atoms with E-state index in [-0.39, 0.29) is 12.1 Å². The predicted molar refractivity (Wildman–Crippen MR) is 120 cm³/mol. The molecule has 7 nitrogen and oxygen atoms in total. The second kappa shape index (κ2) is 8.62. The van der Waals surface area contributed by atoms with E-state index in [0.29, 0.717) is 32.1 Å². The Morgan fingerprint density at radius 2 is 1.94 bits per heavy atom. The number of carbonyl (C=O) groups excluding carboxylic acids is 2. The van der Waals surface area contributed by atoms with Crippen molar-refractivity contribution in [1.29, 1.82) is 0 Å². The van der Waals surface area contributed by atoms with Crippen LogP contribution in [0.25, 0.3) is 11.3 Å². The van der Waals surface area contributed by atoms with E-state index >= 15 is 0 Å². The average molecular weight is 478 g/mol. The molecule has 0 fully saturated rings. The fourth-order valence-corrected chi connectivity index (χ4v) is 4.11. The Hall–Kier alpha value is -3.01. The summed E-state index contributed by atoms with van der Waals surface area (Å²) in [4.78, 5) is 29.0. The third kappa shape index (κ3) is 4.53. The zero-order valence-electron chi connectivity index (χ0n) is 15.7. The zero-order valence-corrected chi connectivity index (χ0v) is 18.0. The molecule has 0 spiro atoms. The first kappa shape index (κ1) is 21.2. The maximum atomic E-state index is 13.2. The summed E-state index contributed by atoms with van der Waals surface area (Å²) in [6.45, 7) is 0. The molecule has 1 aliphatic rings. The monoisotopic (exact) mass is 477 g/mol. The lowest BCUT2D eigenvalue weighted by atomic mass is 10.1. The third-order valence-corrected chi connectivity index (χ3v) is 5.84. The fraction of sp³-hybridized carbons (Fsp3) is 0.100. The van der Waals surface area contributed by atoms with Crippen LogP contribution in [-0.2, 0) is 9.59 Å². The van der Waals surface area contributed by atoms with Crippen LogP contribution in [0, 0.1) is 5.82 Å². The van der Waals surface area contributed by atoms with E-state index in [1.807, 2.05) is 0 Å². The van der Waals surface area contributed by atoms with Crippen LogP contribution in [-0.4, -0.2) is 28.6 Å². The number of nitrogens with one attached hydrogen (secondary N) is 1. The predicted octanol–water partition coefficient (Wildman–Crippen LogP) is 4.31. The van der Waals surface area contributed by atoms with Gasteiger partial charge in [-0.15, -0.1) is 11.3 Å². The number of thiazole rings is 1. The summed E-state index contributed by atoms with van der Waals surface area (Å²) in [7, 11) is 0. The molecule has 1 aliphatic heterocycles. The van der Waals surface area contributed by atoms with Crippen molar-refractivity contribution in [2.45, 2.75) is 12.5 Å². The number of aromatic nitrogens is 1. The van der Waals surface area contributed by atoms with Crippen LogP contribution in [0.15, 0.2) is 52.9 Å². The van der Waals surface area contributed by atoms with E-state index in [2.05, 4.69) is 15.4 Å². The van der Waals surface area contributed by atoms with Crippen molar-refractivity contribution in [3.63, 3.8) is 0 Å². The summed E-state index contributed by atoms with van der Waals surface area (Å²) in [5, 5.41) is 11.3. The number of hydrogen-bond acceptors (Lipinski definition) is 6. The van der Waals surface area contributed by atoms with Gasteiger partial charge in [-0.25, -0.2) is 9.37 Å². The molecule has 0 saturated carbocycles. The molecule has 0 radical (unpaired) electrons. The number of hydrogen-bond donors (Lipinski definition) is 2. The highest BCUT2D eigenvalue weighted by Crippen LogP contribution is 2.33. The molecule has 158 valence electrons. The largest absolute Gasteiger partial charge is 0.368 e. The Kier molecular flexibility index (Phi) is 5.90. The maximum Gasteiger partial charge on any atom is 0.273 e. The van der Waals surface area contributed by atoms with Crippen molar-refractivity contribution in [3.8, 4) is 11.3 Å². The number of nitrogens with zero attached hydrogens (tertiary/aromatic N) is 3. The molecule has 1 aromatic heterocycles.